The molecule has 1 amide bonds. The van der Waals surface area contributed by atoms with Crippen LogP contribution in [0.3, 0.4) is 0 Å². The molecule has 0 saturated carbocycles. The van der Waals surface area contributed by atoms with Gasteiger partial charge < -0.3 is 19.0 Å². The highest BCUT2D eigenvalue weighted by Crippen LogP contribution is 2.31. The minimum Gasteiger partial charge on any atom is -0.464 e. The van der Waals surface area contributed by atoms with E-state index in [0.717, 1.165) is 17.1 Å². The Morgan fingerprint density at radius 2 is 1.90 bits per heavy atom. The van der Waals surface area contributed by atoms with Crippen molar-refractivity contribution in [3.05, 3.63) is 77.2 Å². The maximum atomic E-state index is 14.5. The molecule has 0 spiro atoms. The second-order valence-corrected chi connectivity index (χ2v) is 19.3. The van der Waals surface area contributed by atoms with Gasteiger partial charge >= 0.3 is 0 Å². The lowest BCUT2D eigenvalue weighted by Crippen LogP contribution is -2.25. The van der Waals surface area contributed by atoms with Crippen LogP contribution in [-0.2, 0) is 34.9 Å². The van der Waals surface area contributed by atoms with E-state index in [0.29, 0.717) is 34.2 Å². The first-order chi connectivity index (χ1) is 19.8. The number of aromatic nitrogens is 3. The van der Waals surface area contributed by atoms with Crippen LogP contribution in [0.2, 0.25) is 25.7 Å². The number of sulfone groups is 1. The molecule has 0 atom stereocenters. The van der Waals surface area contributed by atoms with E-state index < -0.39 is 29.6 Å². The Bertz CT molecular complexity index is 1920. The Balaban J connectivity index is 1.38. The van der Waals surface area contributed by atoms with Crippen molar-refractivity contribution in [1.82, 2.24) is 19.7 Å². The number of rotatable bonds is 10. The molecule has 0 unspecified atom stereocenters. The standard InChI is InChI=1S/C30H35FN4O5SSi/c1-19-13-22(14-21-16-33-35(29(19)21)18-39-11-12-42(4,5)6)41(37,38)28-15-26(34(3)20(28)2)30(36)32-17-24-23-9-10-40-27(23)8-7-25(24)31/h7-10,13-16H,11-12,17-18H2,1-6H3,(H,32,36). The second-order valence-electron chi connectivity index (χ2n) is 11.8. The number of carbonyl (C=O) groups excluding carboxylic acids is 1. The molecule has 2 aromatic carbocycles. The summed E-state index contributed by atoms with van der Waals surface area (Å²) in [5.41, 5.74) is 2.92. The minimum atomic E-state index is -3.98. The zero-order chi connectivity index (χ0) is 30.4. The summed E-state index contributed by atoms with van der Waals surface area (Å²) in [7, 11) is -3.57. The maximum Gasteiger partial charge on any atom is 0.268 e. The highest BCUT2D eigenvalue weighted by atomic mass is 32.2. The minimum absolute atomic E-state index is 0.0269. The zero-order valence-corrected chi connectivity index (χ0v) is 26.4. The van der Waals surface area contributed by atoms with Crippen molar-refractivity contribution < 1.29 is 26.8 Å². The molecule has 0 fully saturated rings. The summed E-state index contributed by atoms with van der Waals surface area (Å²) in [5, 5.41) is 8.40. The van der Waals surface area contributed by atoms with Gasteiger partial charge in [-0.05, 0) is 61.9 Å². The summed E-state index contributed by atoms with van der Waals surface area (Å²) in [4.78, 5) is 13.3. The third-order valence-electron chi connectivity index (χ3n) is 7.54. The van der Waals surface area contributed by atoms with Crippen LogP contribution in [0.5, 0.6) is 0 Å². The van der Waals surface area contributed by atoms with Gasteiger partial charge in [-0.3, -0.25) is 4.79 Å². The van der Waals surface area contributed by atoms with Gasteiger partial charge in [0, 0.05) is 50.3 Å². The smallest absolute Gasteiger partial charge is 0.268 e. The number of hydrogen-bond acceptors (Lipinski definition) is 6. The highest BCUT2D eigenvalue weighted by molar-refractivity contribution is 7.91. The van der Waals surface area contributed by atoms with E-state index in [4.69, 9.17) is 9.15 Å². The van der Waals surface area contributed by atoms with Gasteiger partial charge in [-0.25, -0.2) is 17.5 Å². The van der Waals surface area contributed by atoms with E-state index in [9.17, 15) is 17.6 Å². The van der Waals surface area contributed by atoms with Gasteiger partial charge in [0.2, 0.25) is 9.84 Å². The molecule has 0 aliphatic heterocycles. The molecule has 1 N–H and O–H groups in total. The van der Waals surface area contributed by atoms with Crippen LogP contribution in [-0.4, -0.2) is 43.4 Å². The van der Waals surface area contributed by atoms with Crippen molar-refractivity contribution in [1.29, 1.82) is 0 Å². The van der Waals surface area contributed by atoms with Crippen molar-refractivity contribution in [2.24, 2.45) is 7.05 Å². The van der Waals surface area contributed by atoms with Crippen LogP contribution < -0.4 is 5.32 Å². The van der Waals surface area contributed by atoms with E-state index in [2.05, 4.69) is 30.1 Å². The Labute approximate surface area is 245 Å². The molecule has 0 bridgehead atoms. The molecule has 0 aliphatic rings. The molecule has 5 aromatic rings. The monoisotopic (exact) mass is 610 g/mol. The van der Waals surface area contributed by atoms with Gasteiger partial charge in [0.25, 0.3) is 5.91 Å². The summed E-state index contributed by atoms with van der Waals surface area (Å²) in [5.74, 6) is -0.994. The maximum absolute atomic E-state index is 14.5. The number of ether oxygens (including phenoxy) is 1. The SMILES string of the molecule is Cc1cc(S(=O)(=O)c2cc(C(=O)NCc3c(F)ccc4occc34)n(C)c2C)cc2cnn(COCC[Si](C)(C)C)c12. The van der Waals surface area contributed by atoms with Crippen LogP contribution in [0.15, 0.2) is 63.1 Å². The average molecular weight is 611 g/mol. The largest absolute Gasteiger partial charge is 0.464 e. The Hall–Kier alpha value is -3.74. The van der Waals surface area contributed by atoms with Crippen molar-refractivity contribution >= 4 is 45.7 Å². The predicted octanol–water partition coefficient (Wildman–Crippen LogP) is 5.95. The quantitative estimate of drug-likeness (QED) is 0.155. The fourth-order valence-electron chi connectivity index (χ4n) is 5.00. The number of amides is 1. The molecule has 222 valence electrons. The molecule has 0 radical (unpaired) electrons. The number of halogens is 1. The van der Waals surface area contributed by atoms with Gasteiger partial charge in [0.1, 0.15) is 23.8 Å². The Kier molecular flexibility index (Phi) is 7.90. The molecule has 3 heterocycles. The van der Waals surface area contributed by atoms with Crippen LogP contribution in [0.25, 0.3) is 21.9 Å². The van der Waals surface area contributed by atoms with Gasteiger partial charge in [0.05, 0.1) is 27.8 Å². The van der Waals surface area contributed by atoms with E-state index in [-0.39, 0.29) is 28.8 Å². The molecule has 0 aliphatic carbocycles. The van der Waals surface area contributed by atoms with E-state index in [1.165, 1.54) is 29.0 Å². The molecule has 0 saturated heterocycles. The normalized spacial score (nSPS) is 12.5. The number of hydrogen-bond donors (Lipinski definition) is 1. The number of furan rings is 1. The summed E-state index contributed by atoms with van der Waals surface area (Å²) >= 11 is 0. The first kappa shape index (κ1) is 29.7. The lowest BCUT2D eigenvalue weighted by Gasteiger charge is -2.15. The first-order valence-electron chi connectivity index (χ1n) is 13.7. The third kappa shape index (κ3) is 5.66. The number of nitrogens with zero attached hydrogens (tertiary/aromatic N) is 3. The number of benzene rings is 2. The summed E-state index contributed by atoms with van der Waals surface area (Å²) < 4.78 is 56.7. The van der Waals surface area contributed by atoms with Crippen molar-refractivity contribution in [2.45, 2.75) is 62.6 Å². The van der Waals surface area contributed by atoms with Crippen LogP contribution >= 0.6 is 0 Å². The van der Waals surface area contributed by atoms with Gasteiger partial charge in [-0.2, -0.15) is 5.10 Å². The zero-order valence-electron chi connectivity index (χ0n) is 24.6. The van der Waals surface area contributed by atoms with Crippen molar-refractivity contribution in [3.63, 3.8) is 0 Å². The first-order valence-corrected chi connectivity index (χ1v) is 18.8. The van der Waals surface area contributed by atoms with E-state index in [1.54, 1.807) is 43.0 Å². The average Bonchev–Trinajstić information content (AvgIpc) is 3.64. The van der Waals surface area contributed by atoms with E-state index in [1.807, 2.05) is 6.92 Å². The number of nitrogens with one attached hydrogen (secondary N) is 1. The molecule has 5 rings (SSSR count). The van der Waals surface area contributed by atoms with Crippen LogP contribution in [0.4, 0.5) is 4.39 Å². The number of carbonyl (C=O) groups is 1. The summed E-state index contributed by atoms with van der Waals surface area (Å²) in [6.07, 6.45) is 3.10. The fraction of sp³-hybridized carbons (Fsp3) is 0.333. The number of fused-ring (bicyclic) bond motifs is 2. The van der Waals surface area contributed by atoms with Gasteiger partial charge in [-0.1, -0.05) is 19.6 Å². The van der Waals surface area contributed by atoms with Crippen LogP contribution in [0.1, 0.15) is 27.3 Å². The molecule has 42 heavy (non-hydrogen) atoms. The topological polar surface area (TPSA) is 108 Å². The second kappa shape index (κ2) is 11.2. The lowest BCUT2D eigenvalue weighted by atomic mass is 10.1. The Morgan fingerprint density at radius 3 is 2.64 bits per heavy atom. The number of aryl methyl sites for hydroxylation is 1. The molecule has 9 nitrogen and oxygen atoms in total. The Morgan fingerprint density at radius 1 is 1.14 bits per heavy atom. The van der Waals surface area contributed by atoms with Crippen LogP contribution in [0, 0.1) is 19.7 Å². The predicted molar refractivity (Wildman–Crippen MR) is 162 cm³/mol. The molecular formula is C30H35FN4O5SSi. The van der Waals surface area contributed by atoms with Crippen molar-refractivity contribution in [2.75, 3.05) is 6.61 Å². The lowest BCUT2D eigenvalue weighted by molar-refractivity contribution is 0.0816. The highest BCUT2D eigenvalue weighted by Gasteiger charge is 2.27. The van der Waals surface area contributed by atoms with Gasteiger partial charge in [-0.15, -0.1) is 0 Å². The third-order valence-corrected chi connectivity index (χ3v) is 11.1. The summed E-state index contributed by atoms with van der Waals surface area (Å²) in [6, 6.07) is 10.1. The van der Waals surface area contributed by atoms with Gasteiger partial charge in [0.15, 0.2) is 0 Å². The van der Waals surface area contributed by atoms with E-state index >= 15 is 0 Å². The molecule has 3 aromatic heterocycles. The molecular weight excluding hydrogens is 576 g/mol. The van der Waals surface area contributed by atoms with Crippen molar-refractivity contribution in [3.8, 4) is 0 Å². The summed E-state index contributed by atoms with van der Waals surface area (Å²) in [6.45, 7) is 11.2. The fourth-order valence-corrected chi connectivity index (χ4v) is 7.42. The molecule has 12 heteroatoms.